The van der Waals surface area contributed by atoms with Crippen molar-refractivity contribution in [2.24, 2.45) is 0 Å². The molecule has 0 unspecified atom stereocenters. The summed E-state index contributed by atoms with van der Waals surface area (Å²) in [4.78, 5) is 7.33. The summed E-state index contributed by atoms with van der Waals surface area (Å²) in [5, 5.41) is 8.62. The van der Waals surface area contributed by atoms with Gasteiger partial charge in [-0.05, 0) is 11.6 Å². The van der Waals surface area contributed by atoms with Gasteiger partial charge in [-0.15, -0.1) is 0 Å². The topological polar surface area (TPSA) is 49.6 Å². The summed E-state index contributed by atoms with van der Waals surface area (Å²) in [6.45, 7) is 0. The highest BCUT2D eigenvalue weighted by atomic mass is 35.5. The van der Waals surface area contributed by atoms with Crippen LogP contribution in [0, 0.1) is 11.3 Å². The van der Waals surface area contributed by atoms with Crippen LogP contribution in [-0.4, -0.2) is 9.97 Å². The van der Waals surface area contributed by atoms with E-state index in [1.165, 1.54) is 0 Å². The second-order valence-electron chi connectivity index (χ2n) is 1.88. The highest BCUT2D eigenvalue weighted by molar-refractivity contribution is 6.42. The molecule has 0 saturated heterocycles. The SMILES string of the molecule is N#CCc1nc(Cl)nc(Cl)c1Cl. The molecule has 0 bridgehead atoms. The van der Waals surface area contributed by atoms with Crippen LogP contribution < -0.4 is 0 Å². The Morgan fingerprint density at radius 1 is 1.25 bits per heavy atom. The molecule has 1 heterocycles. The molecule has 1 aromatic heterocycles. The third-order valence-corrected chi connectivity index (χ3v) is 2.04. The van der Waals surface area contributed by atoms with Crippen molar-refractivity contribution >= 4 is 34.8 Å². The number of rotatable bonds is 1. The maximum absolute atomic E-state index is 8.37. The second kappa shape index (κ2) is 3.90. The van der Waals surface area contributed by atoms with Crippen LogP contribution in [0.4, 0.5) is 0 Å². The summed E-state index contributed by atoms with van der Waals surface area (Å²) in [5.41, 5.74) is 0.351. The van der Waals surface area contributed by atoms with Gasteiger partial charge in [-0.25, -0.2) is 9.97 Å². The van der Waals surface area contributed by atoms with E-state index in [0.29, 0.717) is 5.69 Å². The lowest BCUT2D eigenvalue weighted by molar-refractivity contribution is 1.05. The van der Waals surface area contributed by atoms with Crippen molar-refractivity contribution < 1.29 is 0 Å². The fourth-order valence-electron chi connectivity index (χ4n) is 0.627. The van der Waals surface area contributed by atoms with Crippen molar-refractivity contribution in [1.29, 1.82) is 5.26 Å². The Kier molecular flexibility index (Phi) is 3.10. The van der Waals surface area contributed by atoms with Crippen LogP contribution in [0.15, 0.2) is 0 Å². The maximum atomic E-state index is 8.37. The first-order chi connectivity index (χ1) is 5.65. The number of nitrogens with zero attached hydrogens (tertiary/aromatic N) is 3. The van der Waals surface area contributed by atoms with Crippen LogP contribution in [0.5, 0.6) is 0 Å². The summed E-state index contributed by atoms with van der Waals surface area (Å²) in [6.07, 6.45) is 0.0702. The van der Waals surface area contributed by atoms with E-state index in [0.717, 1.165) is 0 Å². The minimum atomic E-state index is -0.00495. The fraction of sp³-hybridized carbons (Fsp3) is 0.167. The van der Waals surface area contributed by atoms with E-state index in [-0.39, 0.29) is 21.9 Å². The molecule has 0 amide bonds. The van der Waals surface area contributed by atoms with Crippen molar-refractivity contribution in [2.45, 2.75) is 6.42 Å². The van der Waals surface area contributed by atoms with Crippen molar-refractivity contribution in [3.05, 3.63) is 21.2 Å². The standard InChI is InChI=1S/C6H2Cl3N3/c7-4-3(1-2-10)11-6(9)12-5(4)8/h1H2. The second-order valence-corrected chi connectivity index (χ2v) is 2.95. The van der Waals surface area contributed by atoms with Gasteiger partial charge < -0.3 is 0 Å². The predicted molar refractivity (Wildman–Crippen MR) is 46.4 cm³/mol. The van der Waals surface area contributed by atoms with Gasteiger partial charge in [-0.1, -0.05) is 23.2 Å². The van der Waals surface area contributed by atoms with Gasteiger partial charge in [-0.2, -0.15) is 5.26 Å². The summed E-state index contributed by atoms with van der Waals surface area (Å²) >= 11 is 16.7. The average molecular weight is 222 g/mol. The quantitative estimate of drug-likeness (QED) is 0.542. The first kappa shape index (κ1) is 9.53. The highest BCUT2D eigenvalue weighted by Crippen LogP contribution is 2.24. The van der Waals surface area contributed by atoms with Gasteiger partial charge >= 0.3 is 0 Å². The fourth-order valence-corrected chi connectivity index (χ4v) is 1.20. The van der Waals surface area contributed by atoms with Crippen LogP contribution in [0.25, 0.3) is 0 Å². The zero-order valence-electron chi connectivity index (χ0n) is 5.68. The first-order valence-corrected chi connectivity index (χ1v) is 4.03. The number of halogens is 3. The Labute approximate surface area is 83.9 Å². The Morgan fingerprint density at radius 3 is 2.50 bits per heavy atom. The normalized spacial score (nSPS) is 9.50. The van der Waals surface area contributed by atoms with E-state index >= 15 is 0 Å². The van der Waals surface area contributed by atoms with Gasteiger partial charge in [0.1, 0.15) is 5.02 Å². The molecule has 0 radical (unpaired) electrons. The summed E-state index contributed by atoms with van der Waals surface area (Å²) in [5.74, 6) is 0. The Bertz CT molecular complexity index is 345. The lowest BCUT2D eigenvalue weighted by Gasteiger charge is -1.99. The van der Waals surface area contributed by atoms with Crippen LogP contribution >= 0.6 is 34.8 Å². The molecule has 1 aromatic rings. The van der Waals surface area contributed by atoms with Gasteiger partial charge in [0.15, 0.2) is 5.15 Å². The highest BCUT2D eigenvalue weighted by Gasteiger charge is 2.09. The van der Waals surface area contributed by atoms with Crippen LogP contribution in [0.1, 0.15) is 5.69 Å². The monoisotopic (exact) mass is 221 g/mol. The average Bonchev–Trinajstić information content (AvgIpc) is 2.00. The molecule has 1 rings (SSSR count). The summed E-state index contributed by atoms with van der Waals surface area (Å²) in [6, 6.07) is 1.89. The summed E-state index contributed by atoms with van der Waals surface area (Å²) < 4.78 is 0. The number of hydrogen-bond acceptors (Lipinski definition) is 3. The lowest BCUT2D eigenvalue weighted by atomic mass is 10.3. The molecule has 0 aliphatic heterocycles. The van der Waals surface area contributed by atoms with Gasteiger partial charge in [0.25, 0.3) is 0 Å². The lowest BCUT2D eigenvalue weighted by Crippen LogP contribution is -1.93. The number of aromatic nitrogens is 2. The molecular weight excluding hydrogens is 220 g/mol. The van der Waals surface area contributed by atoms with E-state index in [9.17, 15) is 0 Å². The maximum Gasteiger partial charge on any atom is 0.224 e. The molecule has 3 nitrogen and oxygen atoms in total. The minimum absolute atomic E-state index is 0.00495. The third-order valence-electron chi connectivity index (χ3n) is 1.10. The molecule has 0 spiro atoms. The molecule has 6 heteroatoms. The Morgan fingerprint density at radius 2 is 1.92 bits per heavy atom. The van der Waals surface area contributed by atoms with Gasteiger partial charge in [0, 0.05) is 0 Å². The minimum Gasteiger partial charge on any atom is -0.220 e. The molecule has 0 aromatic carbocycles. The molecule has 12 heavy (non-hydrogen) atoms. The van der Waals surface area contributed by atoms with Crippen molar-refractivity contribution in [2.75, 3.05) is 0 Å². The van der Waals surface area contributed by atoms with E-state index < -0.39 is 0 Å². The van der Waals surface area contributed by atoms with Crippen molar-refractivity contribution in [3.8, 4) is 6.07 Å². The summed E-state index contributed by atoms with van der Waals surface area (Å²) in [7, 11) is 0. The molecule has 0 fully saturated rings. The molecule has 0 aliphatic rings. The molecular formula is C6H2Cl3N3. The predicted octanol–water partition coefficient (Wildman–Crippen LogP) is 2.50. The van der Waals surface area contributed by atoms with Crippen molar-refractivity contribution in [1.82, 2.24) is 9.97 Å². The van der Waals surface area contributed by atoms with E-state index in [1.54, 1.807) is 0 Å². The van der Waals surface area contributed by atoms with E-state index in [1.807, 2.05) is 6.07 Å². The van der Waals surface area contributed by atoms with Gasteiger partial charge in [0.2, 0.25) is 5.28 Å². The molecule has 62 valence electrons. The van der Waals surface area contributed by atoms with Gasteiger partial charge in [-0.3, -0.25) is 0 Å². The van der Waals surface area contributed by atoms with Crippen molar-refractivity contribution in [3.63, 3.8) is 0 Å². The Balaban J connectivity index is 3.20. The smallest absolute Gasteiger partial charge is 0.220 e. The largest absolute Gasteiger partial charge is 0.224 e. The number of nitriles is 1. The van der Waals surface area contributed by atoms with Gasteiger partial charge in [0.05, 0.1) is 18.2 Å². The molecule has 0 saturated carbocycles. The Hall–Kier alpha value is -0.560. The zero-order valence-corrected chi connectivity index (χ0v) is 7.95. The first-order valence-electron chi connectivity index (χ1n) is 2.89. The van der Waals surface area contributed by atoms with Crippen LogP contribution in [-0.2, 0) is 6.42 Å². The third kappa shape index (κ3) is 1.98. The van der Waals surface area contributed by atoms with E-state index in [4.69, 9.17) is 40.1 Å². The van der Waals surface area contributed by atoms with Crippen LogP contribution in [0.2, 0.25) is 15.5 Å². The molecule has 0 atom stereocenters. The number of hydrogen-bond donors (Lipinski definition) is 0. The van der Waals surface area contributed by atoms with Crippen LogP contribution in [0.3, 0.4) is 0 Å². The van der Waals surface area contributed by atoms with E-state index in [2.05, 4.69) is 9.97 Å². The molecule has 0 aliphatic carbocycles. The zero-order chi connectivity index (χ0) is 9.14. The molecule has 0 N–H and O–H groups in total.